The molecule has 12 rings (SSSR count). The second kappa shape index (κ2) is 13.9. The van der Waals surface area contributed by atoms with Gasteiger partial charge in [0.05, 0.1) is 16.8 Å². The van der Waals surface area contributed by atoms with Gasteiger partial charge in [-0.2, -0.15) is 0 Å². The summed E-state index contributed by atoms with van der Waals surface area (Å²) in [4.78, 5) is 2.41. The molecule has 0 unspecified atom stereocenters. The number of para-hydroxylation sites is 2. The van der Waals surface area contributed by atoms with Crippen molar-refractivity contribution in [1.29, 1.82) is 0 Å². The average Bonchev–Trinajstić information content (AvgIpc) is 3.71. The van der Waals surface area contributed by atoms with Crippen molar-refractivity contribution in [2.45, 2.75) is 0 Å². The fourth-order valence-electron chi connectivity index (χ4n) is 9.28. The third-order valence-electron chi connectivity index (χ3n) is 12.2. The maximum atomic E-state index is 6.45. The van der Waals surface area contributed by atoms with Crippen LogP contribution in [0.1, 0.15) is 0 Å². The quantitative estimate of drug-likeness (QED) is 0.157. The molecule has 1 heterocycles. The molecule has 0 aliphatic heterocycles. The maximum absolute atomic E-state index is 6.45. The fourth-order valence-corrected chi connectivity index (χ4v) is 9.28. The van der Waals surface area contributed by atoms with E-state index in [2.05, 4.69) is 223 Å². The molecule has 12 aromatic rings. The van der Waals surface area contributed by atoms with Crippen LogP contribution in [-0.2, 0) is 0 Å². The summed E-state index contributed by atoms with van der Waals surface area (Å²) in [7, 11) is 0. The first-order chi connectivity index (χ1) is 29.7. The van der Waals surface area contributed by atoms with Gasteiger partial charge in [0.25, 0.3) is 0 Å². The van der Waals surface area contributed by atoms with Gasteiger partial charge in [-0.25, -0.2) is 0 Å². The van der Waals surface area contributed by atoms with E-state index in [0.717, 1.165) is 50.1 Å². The minimum atomic E-state index is 0.866. The van der Waals surface area contributed by atoms with Crippen molar-refractivity contribution in [3.05, 3.63) is 224 Å². The number of rotatable bonds is 6. The Balaban J connectivity index is 0.963. The van der Waals surface area contributed by atoms with Crippen LogP contribution in [0.4, 0.5) is 17.1 Å². The summed E-state index contributed by atoms with van der Waals surface area (Å²) in [5.74, 6) is 0. The molecule has 0 spiro atoms. The van der Waals surface area contributed by atoms with E-state index in [1.807, 2.05) is 6.07 Å². The van der Waals surface area contributed by atoms with Crippen molar-refractivity contribution in [2.75, 3.05) is 4.90 Å². The Morgan fingerprint density at radius 3 is 1.55 bits per heavy atom. The molecule has 60 heavy (non-hydrogen) atoms. The normalized spacial score (nSPS) is 11.7. The predicted molar refractivity (Wildman–Crippen MR) is 255 cm³/mol. The van der Waals surface area contributed by atoms with E-state index in [9.17, 15) is 0 Å². The molecule has 280 valence electrons. The monoisotopic (exact) mass is 763 g/mol. The highest BCUT2D eigenvalue weighted by molar-refractivity contribution is 6.14. The van der Waals surface area contributed by atoms with Gasteiger partial charge in [0, 0.05) is 16.6 Å². The smallest absolute Gasteiger partial charge is 0.137 e. The van der Waals surface area contributed by atoms with Gasteiger partial charge in [-0.3, -0.25) is 0 Å². The van der Waals surface area contributed by atoms with Crippen molar-refractivity contribution in [3.8, 4) is 33.4 Å². The van der Waals surface area contributed by atoms with Gasteiger partial charge in [0.2, 0.25) is 0 Å². The third-order valence-corrected chi connectivity index (χ3v) is 12.2. The van der Waals surface area contributed by atoms with E-state index in [1.54, 1.807) is 0 Å². The molecule has 11 aromatic carbocycles. The van der Waals surface area contributed by atoms with Crippen LogP contribution in [0, 0.1) is 0 Å². The van der Waals surface area contributed by atoms with Gasteiger partial charge in [-0.1, -0.05) is 176 Å². The van der Waals surface area contributed by atoms with E-state index >= 15 is 0 Å². The Hall–Kier alpha value is -7.94. The molecule has 0 saturated heterocycles. The van der Waals surface area contributed by atoms with Crippen LogP contribution in [0.15, 0.2) is 229 Å². The Morgan fingerprint density at radius 1 is 0.283 bits per heavy atom. The van der Waals surface area contributed by atoms with Crippen LogP contribution < -0.4 is 4.90 Å². The number of furan rings is 1. The molecular weight excluding hydrogens is 727 g/mol. The number of fused-ring (bicyclic) bond motifs is 9. The highest BCUT2D eigenvalue weighted by Crippen LogP contribution is 2.46. The molecule has 0 amide bonds. The van der Waals surface area contributed by atoms with E-state index in [-0.39, 0.29) is 0 Å². The maximum Gasteiger partial charge on any atom is 0.137 e. The van der Waals surface area contributed by atoms with Gasteiger partial charge >= 0.3 is 0 Å². The van der Waals surface area contributed by atoms with Gasteiger partial charge in [0.1, 0.15) is 11.2 Å². The predicted octanol–water partition coefficient (Wildman–Crippen LogP) is 16.7. The lowest BCUT2D eigenvalue weighted by Crippen LogP contribution is -2.11. The van der Waals surface area contributed by atoms with Crippen LogP contribution in [-0.4, -0.2) is 0 Å². The van der Waals surface area contributed by atoms with Crippen LogP contribution in [0.25, 0.3) is 98.4 Å². The molecule has 2 nitrogen and oxygen atoms in total. The first kappa shape index (κ1) is 34.1. The second-order valence-electron chi connectivity index (χ2n) is 15.7. The zero-order chi connectivity index (χ0) is 39.6. The SMILES string of the molecule is c1ccc(N(c2ccc(-c3ccc(-c4ccc5c(ccc6ccccc65)c4)cc3)cc2)c2cccc3oc4ccccc4c23)c(-c2ccc3ccc4ccccc4c3c2)c1. The first-order valence-corrected chi connectivity index (χ1v) is 20.6. The number of anilines is 3. The summed E-state index contributed by atoms with van der Waals surface area (Å²) in [5.41, 5.74) is 12.0. The molecule has 0 radical (unpaired) electrons. The molecular formula is C58H37NO. The van der Waals surface area contributed by atoms with Crippen molar-refractivity contribution in [2.24, 2.45) is 0 Å². The topological polar surface area (TPSA) is 16.4 Å². The second-order valence-corrected chi connectivity index (χ2v) is 15.7. The van der Waals surface area contributed by atoms with E-state index in [4.69, 9.17) is 4.42 Å². The Kier molecular flexibility index (Phi) is 7.89. The third kappa shape index (κ3) is 5.65. The standard InChI is InChI=1S/C58H37NO/c1-3-12-48-41(10-1)26-28-45-36-44(32-35-50(45)48)40-22-20-38(21-23-40)39-30-33-47(34-31-39)59(55-17-9-19-57-58(55)52-15-6-8-18-56(52)60-57)54-16-7-5-14-51(54)46-29-27-43-25-24-42-11-2-4-13-49(42)53(43)37-46/h1-37H. The summed E-state index contributed by atoms with van der Waals surface area (Å²) >= 11 is 0. The van der Waals surface area contributed by atoms with Crippen LogP contribution in [0.5, 0.6) is 0 Å². The Morgan fingerprint density at radius 2 is 0.783 bits per heavy atom. The molecule has 0 bridgehead atoms. The van der Waals surface area contributed by atoms with Crippen LogP contribution in [0.3, 0.4) is 0 Å². The van der Waals surface area contributed by atoms with E-state index in [1.165, 1.54) is 65.3 Å². The van der Waals surface area contributed by atoms with Gasteiger partial charge in [-0.15, -0.1) is 0 Å². The first-order valence-electron chi connectivity index (χ1n) is 20.6. The zero-order valence-corrected chi connectivity index (χ0v) is 32.7. The van der Waals surface area contributed by atoms with Crippen molar-refractivity contribution < 1.29 is 4.42 Å². The van der Waals surface area contributed by atoms with Gasteiger partial charge in [-0.05, 0) is 119 Å². The molecule has 0 fully saturated rings. The summed E-state index contributed by atoms with van der Waals surface area (Å²) in [6.07, 6.45) is 0. The Bertz CT molecular complexity index is 3600. The molecule has 0 N–H and O–H groups in total. The number of hydrogen-bond donors (Lipinski definition) is 0. The van der Waals surface area contributed by atoms with Crippen molar-refractivity contribution in [3.63, 3.8) is 0 Å². The summed E-state index contributed by atoms with van der Waals surface area (Å²) in [6, 6.07) is 81.3. The molecule has 0 aliphatic rings. The summed E-state index contributed by atoms with van der Waals surface area (Å²) < 4.78 is 6.45. The molecule has 0 saturated carbocycles. The molecule has 2 heteroatoms. The zero-order valence-electron chi connectivity index (χ0n) is 32.7. The number of nitrogens with zero attached hydrogens (tertiary/aromatic N) is 1. The fraction of sp³-hybridized carbons (Fsp3) is 0. The summed E-state index contributed by atoms with van der Waals surface area (Å²) in [5, 5.41) is 12.3. The lowest BCUT2D eigenvalue weighted by Gasteiger charge is -2.29. The number of hydrogen-bond acceptors (Lipinski definition) is 2. The van der Waals surface area contributed by atoms with E-state index < -0.39 is 0 Å². The molecule has 0 atom stereocenters. The minimum absolute atomic E-state index is 0.866. The van der Waals surface area contributed by atoms with Crippen LogP contribution in [0.2, 0.25) is 0 Å². The molecule has 0 aliphatic carbocycles. The largest absolute Gasteiger partial charge is 0.456 e. The molecule has 1 aromatic heterocycles. The lowest BCUT2D eigenvalue weighted by molar-refractivity contribution is 0.669. The summed E-state index contributed by atoms with van der Waals surface area (Å²) in [6.45, 7) is 0. The van der Waals surface area contributed by atoms with Gasteiger partial charge < -0.3 is 9.32 Å². The average molecular weight is 764 g/mol. The van der Waals surface area contributed by atoms with Crippen LogP contribution >= 0.6 is 0 Å². The minimum Gasteiger partial charge on any atom is -0.456 e. The highest BCUT2D eigenvalue weighted by Gasteiger charge is 2.22. The highest BCUT2D eigenvalue weighted by atomic mass is 16.3. The van der Waals surface area contributed by atoms with Gasteiger partial charge in [0.15, 0.2) is 0 Å². The van der Waals surface area contributed by atoms with E-state index in [0.29, 0.717) is 0 Å². The number of benzene rings is 11. The van der Waals surface area contributed by atoms with Crippen molar-refractivity contribution in [1.82, 2.24) is 0 Å². The Labute approximate surface area is 347 Å². The lowest BCUT2D eigenvalue weighted by atomic mass is 9.95. The van der Waals surface area contributed by atoms with Crippen molar-refractivity contribution >= 4 is 82.1 Å².